The molecule has 3 aromatic heterocycles. The Morgan fingerprint density at radius 1 is 1.11 bits per heavy atom. The third kappa shape index (κ3) is 6.01. The Bertz CT molecular complexity index is 2130. The minimum Gasteiger partial charge on any atom is -0.463 e. The highest BCUT2D eigenvalue weighted by atomic mass is 32.2. The lowest BCUT2D eigenvalue weighted by Crippen LogP contribution is -2.40. The number of aromatic nitrogens is 3. The average molecular weight is 643 g/mol. The van der Waals surface area contributed by atoms with E-state index in [2.05, 4.69) is 9.97 Å². The van der Waals surface area contributed by atoms with Crippen LogP contribution in [-0.2, 0) is 9.53 Å². The van der Waals surface area contributed by atoms with Gasteiger partial charge < -0.3 is 14.1 Å². The van der Waals surface area contributed by atoms with Crippen molar-refractivity contribution in [2.45, 2.75) is 35.0 Å². The first kappa shape index (κ1) is 29.7. The average Bonchev–Trinajstić information content (AvgIpc) is 3.59. The number of furan rings is 1. The van der Waals surface area contributed by atoms with Crippen molar-refractivity contribution in [2.75, 3.05) is 12.9 Å². The summed E-state index contributed by atoms with van der Waals surface area (Å²) in [6, 6.07) is 21.4. The van der Waals surface area contributed by atoms with Crippen molar-refractivity contribution in [3.05, 3.63) is 131 Å². The quantitative estimate of drug-likeness (QED) is 0.146. The van der Waals surface area contributed by atoms with Gasteiger partial charge in [-0.3, -0.25) is 14.2 Å². The summed E-state index contributed by atoms with van der Waals surface area (Å²) in [5, 5.41) is 0.906. The van der Waals surface area contributed by atoms with Gasteiger partial charge in [0.1, 0.15) is 5.76 Å². The Hall–Kier alpha value is -4.39. The van der Waals surface area contributed by atoms with E-state index < -0.39 is 12.0 Å². The lowest BCUT2D eigenvalue weighted by Gasteiger charge is -2.26. The van der Waals surface area contributed by atoms with Crippen molar-refractivity contribution in [3.63, 3.8) is 0 Å². The molecule has 0 aliphatic carbocycles. The Labute approximate surface area is 264 Å². The molecule has 0 amide bonds. The van der Waals surface area contributed by atoms with Crippen molar-refractivity contribution in [1.82, 2.24) is 14.5 Å². The molecule has 5 aromatic rings. The van der Waals surface area contributed by atoms with Crippen LogP contribution in [0.3, 0.4) is 0 Å². The first-order valence-electron chi connectivity index (χ1n) is 13.6. The molecule has 0 saturated heterocycles. The maximum absolute atomic E-state index is 14.1. The van der Waals surface area contributed by atoms with Crippen LogP contribution in [0.5, 0.6) is 0 Å². The van der Waals surface area contributed by atoms with Crippen LogP contribution in [0.4, 0.5) is 0 Å². The van der Waals surface area contributed by atoms with E-state index in [0.29, 0.717) is 42.3 Å². The van der Waals surface area contributed by atoms with Gasteiger partial charge in [0.05, 0.1) is 28.5 Å². The third-order valence-corrected chi connectivity index (χ3v) is 9.26. The maximum Gasteiger partial charge on any atom is 0.338 e. The van der Waals surface area contributed by atoms with E-state index >= 15 is 0 Å². The molecule has 2 aromatic carbocycles. The number of aryl methyl sites for hydroxylation is 1. The van der Waals surface area contributed by atoms with Gasteiger partial charge in [-0.2, -0.15) is 0 Å². The molecule has 44 heavy (non-hydrogen) atoms. The fourth-order valence-electron chi connectivity index (χ4n) is 4.83. The number of rotatable bonds is 8. The molecule has 1 aliphatic heterocycles. The van der Waals surface area contributed by atoms with E-state index in [9.17, 15) is 14.4 Å². The molecule has 6 rings (SSSR count). The molecular weight excluding hydrogens is 617 g/mol. The van der Waals surface area contributed by atoms with Gasteiger partial charge in [-0.05, 0) is 61.7 Å². The Morgan fingerprint density at radius 3 is 2.59 bits per heavy atom. The third-order valence-electron chi connectivity index (χ3n) is 6.73. The number of carbonyl (C=O) groups excluding carboxylic acids is 1. The second kappa shape index (κ2) is 12.7. The van der Waals surface area contributed by atoms with Gasteiger partial charge in [0.25, 0.3) is 11.1 Å². The fourth-order valence-corrected chi connectivity index (χ4v) is 7.03. The van der Waals surface area contributed by atoms with Crippen molar-refractivity contribution in [1.29, 1.82) is 0 Å². The smallest absolute Gasteiger partial charge is 0.338 e. The molecule has 12 heteroatoms. The lowest BCUT2D eigenvalue weighted by molar-refractivity contribution is -0.138. The molecule has 1 N–H and O–H groups in total. The van der Waals surface area contributed by atoms with Gasteiger partial charge >= 0.3 is 5.97 Å². The molecule has 9 nitrogen and oxygen atoms in total. The van der Waals surface area contributed by atoms with Crippen LogP contribution in [0.1, 0.15) is 35.5 Å². The number of esters is 1. The van der Waals surface area contributed by atoms with Crippen molar-refractivity contribution in [2.24, 2.45) is 4.99 Å². The zero-order valence-corrected chi connectivity index (χ0v) is 26.3. The predicted octanol–water partition coefficient (Wildman–Crippen LogP) is 4.79. The van der Waals surface area contributed by atoms with Crippen LogP contribution in [0.15, 0.2) is 113 Å². The highest BCUT2D eigenvalue weighted by Gasteiger charge is 2.35. The van der Waals surface area contributed by atoms with Gasteiger partial charge in [0, 0.05) is 28.3 Å². The van der Waals surface area contributed by atoms with Gasteiger partial charge in [0.15, 0.2) is 15.1 Å². The number of aromatic amines is 1. The summed E-state index contributed by atoms with van der Waals surface area (Å²) in [7, 11) is 0. The topological polar surface area (TPSA) is 120 Å². The molecule has 222 valence electrons. The molecule has 0 bridgehead atoms. The van der Waals surface area contributed by atoms with Gasteiger partial charge in [-0.15, -0.1) is 11.8 Å². The fraction of sp³-hybridized carbons (Fsp3) is 0.156. The highest BCUT2D eigenvalue weighted by molar-refractivity contribution is 7.99. The van der Waals surface area contributed by atoms with Crippen molar-refractivity contribution < 1.29 is 13.9 Å². The summed E-state index contributed by atoms with van der Waals surface area (Å²) in [6.45, 7) is 3.67. The minimum atomic E-state index is -0.759. The summed E-state index contributed by atoms with van der Waals surface area (Å²) in [5.41, 5.74) is 2.31. The number of nitrogens with zero attached hydrogens (tertiary/aromatic N) is 3. The molecule has 0 spiro atoms. The lowest BCUT2D eigenvalue weighted by atomic mass is 9.93. The maximum atomic E-state index is 14.1. The van der Waals surface area contributed by atoms with Crippen molar-refractivity contribution >= 4 is 52.6 Å². The zero-order valence-electron chi connectivity index (χ0n) is 23.9. The van der Waals surface area contributed by atoms with E-state index in [4.69, 9.17) is 14.1 Å². The number of fused-ring (bicyclic) bond motifs is 1. The van der Waals surface area contributed by atoms with E-state index in [1.54, 1.807) is 48.4 Å². The van der Waals surface area contributed by atoms with Crippen LogP contribution in [0.2, 0.25) is 0 Å². The summed E-state index contributed by atoms with van der Waals surface area (Å²) >= 11 is 4.00. The Kier molecular flexibility index (Phi) is 8.56. The summed E-state index contributed by atoms with van der Waals surface area (Å²) < 4.78 is 13.4. The van der Waals surface area contributed by atoms with Crippen LogP contribution >= 0.6 is 34.9 Å². The largest absolute Gasteiger partial charge is 0.463 e. The number of nitrogens with one attached hydrogen (secondary N) is 1. The van der Waals surface area contributed by atoms with Crippen LogP contribution in [0.25, 0.3) is 11.8 Å². The standard InChI is InChI=1S/C32H26N4O5S3/c1-4-40-30(39)26-27(19-8-6-5-7-9-19)35-32-36(28(26)20-10-13-22(42-3)14-11-20)29(38)23(43-32)17-21-12-15-25(41-21)44-31-33-18(2)16-24(37)34-31/h5-17,28H,4H2,1-3H3,(H,33,34,37)/b23-17+/t28-/m0/s1. The number of H-pyrrole nitrogens is 1. The van der Waals surface area contributed by atoms with Gasteiger partial charge in [-0.1, -0.05) is 53.8 Å². The number of thiazole rings is 1. The number of ether oxygens (including phenoxy) is 1. The molecule has 0 radical (unpaired) electrons. The van der Waals surface area contributed by atoms with E-state index in [1.165, 1.54) is 29.2 Å². The number of carbonyl (C=O) groups is 1. The Morgan fingerprint density at radius 2 is 1.89 bits per heavy atom. The van der Waals surface area contributed by atoms with Gasteiger partial charge in [-0.25, -0.2) is 14.8 Å². The summed E-state index contributed by atoms with van der Waals surface area (Å²) in [6.07, 6.45) is 3.65. The normalized spacial score (nSPS) is 14.8. The van der Waals surface area contributed by atoms with E-state index in [1.807, 2.05) is 60.9 Å². The molecule has 1 aliphatic rings. The highest BCUT2D eigenvalue weighted by Crippen LogP contribution is 2.35. The molecular formula is C32H26N4O5S3. The van der Waals surface area contributed by atoms with Crippen molar-refractivity contribution in [3.8, 4) is 0 Å². The zero-order chi connectivity index (χ0) is 30.8. The van der Waals surface area contributed by atoms with Crippen LogP contribution in [-0.4, -0.2) is 33.4 Å². The summed E-state index contributed by atoms with van der Waals surface area (Å²) in [5.74, 6) is -0.0830. The predicted molar refractivity (Wildman–Crippen MR) is 172 cm³/mol. The SMILES string of the molecule is CCOC(=O)C1=C(c2ccccc2)N=c2s/c(=C/c3ccc(Sc4nc(C)cc(=O)[nH]4)o3)c(=O)n2[C@H]1c1ccc(SC)cc1. The molecule has 0 unspecified atom stereocenters. The molecule has 1 atom stereocenters. The monoisotopic (exact) mass is 642 g/mol. The van der Waals surface area contributed by atoms with Crippen LogP contribution < -0.4 is 20.5 Å². The number of hydrogen-bond acceptors (Lipinski definition) is 10. The number of benzene rings is 2. The first-order valence-corrected chi connectivity index (χ1v) is 16.5. The Balaban J connectivity index is 1.50. The molecule has 0 fully saturated rings. The number of hydrogen-bond donors (Lipinski definition) is 1. The van der Waals surface area contributed by atoms with E-state index in [0.717, 1.165) is 16.0 Å². The van der Waals surface area contributed by atoms with Gasteiger partial charge in [0.2, 0.25) is 0 Å². The second-order valence-electron chi connectivity index (χ2n) is 9.66. The minimum absolute atomic E-state index is 0.178. The first-order chi connectivity index (χ1) is 21.3. The molecule has 0 saturated carbocycles. The summed E-state index contributed by atoms with van der Waals surface area (Å²) in [4.78, 5) is 52.9. The second-order valence-corrected chi connectivity index (χ2v) is 12.5. The van der Waals surface area contributed by atoms with Crippen LogP contribution in [0, 0.1) is 6.92 Å². The van der Waals surface area contributed by atoms with E-state index in [-0.39, 0.29) is 17.7 Å². The number of thioether (sulfide) groups is 1. The molecule has 4 heterocycles.